The van der Waals surface area contributed by atoms with E-state index in [0.29, 0.717) is 25.1 Å². The van der Waals surface area contributed by atoms with Gasteiger partial charge < -0.3 is 10.1 Å². The van der Waals surface area contributed by atoms with Gasteiger partial charge in [-0.3, -0.25) is 14.5 Å². The average Bonchev–Trinajstić information content (AvgIpc) is 3.44. The standard InChI is InChI=1S/C24H26N4O3/c1-17-5-3-6-18(13-17)15-27-16-20(14-22(27)24(30)31-2)26-23(29)19-7-9-21(10-8-19)28-12-4-11-25-28/h3-13,20,22H,14-16H2,1-2H3,(H,26,29)/t20-,22-/m0/s1. The molecule has 2 heterocycles. The number of methoxy groups -OCH3 is 1. The number of esters is 1. The highest BCUT2D eigenvalue weighted by molar-refractivity contribution is 5.94. The Kier molecular flexibility index (Phi) is 6.13. The van der Waals surface area contributed by atoms with Gasteiger partial charge in [0.25, 0.3) is 5.91 Å². The molecule has 1 aliphatic rings. The first-order chi connectivity index (χ1) is 15.0. The second-order valence-electron chi connectivity index (χ2n) is 7.86. The minimum absolute atomic E-state index is 0.132. The number of rotatable bonds is 6. The van der Waals surface area contributed by atoms with E-state index in [9.17, 15) is 9.59 Å². The molecule has 1 amide bonds. The van der Waals surface area contributed by atoms with Gasteiger partial charge >= 0.3 is 5.97 Å². The van der Waals surface area contributed by atoms with Gasteiger partial charge in [-0.15, -0.1) is 0 Å². The fraction of sp³-hybridized carbons (Fsp3) is 0.292. The number of amides is 1. The van der Waals surface area contributed by atoms with Crippen molar-refractivity contribution < 1.29 is 14.3 Å². The van der Waals surface area contributed by atoms with Crippen molar-refractivity contribution in [2.45, 2.75) is 32.0 Å². The number of aromatic nitrogens is 2. The van der Waals surface area contributed by atoms with Crippen molar-refractivity contribution in [1.82, 2.24) is 20.0 Å². The summed E-state index contributed by atoms with van der Waals surface area (Å²) in [6, 6.07) is 16.8. The summed E-state index contributed by atoms with van der Waals surface area (Å²) >= 11 is 0. The molecule has 1 fully saturated rings. The smallest absolute Gasteiger partial charge is 0.323 e. The molecule has 0 bridgehead atoms. The number of benzene rings is 2. The molecule has 0 unspecified atom stereocenters. The first kappa shape index (κ1) is 20.8. The predicted octanol–water partition coefficient (Wildman–Crippen LogP) is 2.73. The summed E-state index contributed by atoms with van der Waals surface area (Å²) in [5.74, 6) is -0.425. The third-order valence-electron chi connectivity index (χ3n) is 5.58. The number of carbonyl (C=O) groups excluding carboxylic acids is 2. The fourth-order valence-corrected chi connectivity index (χ4v) is 4.06. The minimum atomic E-state index is -0.377. The van der Waals surface area contributed by atoms with Crippen LogP contribution in [0.25, 0.3) is 5.69 Å². The fourth-order valence-electron chi connectivity index (χ4n) is 4.06. The SMILES string of the molecule is COC(=O)[C@@H]1C[C@H](NC(=O)c2ccc(-n3cccn3)cc2)CN1Cc1cccc(C)c1. The van der Waals surface area contributed by atoms with Gasteiger partial charge in [-0.05, 0) is 49.2 Å². The highest BCUT2D eigenvalue weighted by atomic mass is 16.5. The molecule has 31 heavy (non-hydrogen) atoms. The second-order valence-corrected chi connectivity index (χ2v) is 7.86. The number of carbonyl (C=O) groups is 2. The van der Waals surface area contributed by atoms with Gasteiger partial charge in [0.15, 0.2) is 0 Å². The van der Waals surface area contributed by atoms with Gasteiger partial charge in [0.05, 0.1) is 12.8 Å². The van der Waals surface area contributed by atoms with Crippen molar-refractivity contribution in [2.75, 3.05) is 13.7 Å². The topological polar surface area (TPSA) is 76.5 Å². The number of likely N-dealkylation sites (tertiary alicyclic amines) is 1. The number of aryl methyl sites for hydroxylation is 1. The molecule has 7 heteroatoms. The third kappa shape index (κ3) is 4.83. The van der Waals surface area contributed by atoms with Crippen molar-refractivity contribution in [2.24, 2.45) is 0 Å². The molecule has 0 aliphatic carbocycles. The zero-order chi connectivity index (χ0) is 21.8. The lowest BCUT2D eigenvalue weighted by Gasteiger charge is -2.22. The number of nitrogens with one attached hydrogen (secondary N) is 1. The number of hydrogen-bond acceptors (Lipinski definition) is 5. The molecule has 1 saturated heterocycles. The lowest BCUT2D eigenvalue weighted by atomic mass is 10.1. The summed E-state index contributed by atoms with van der Waals surface area (Å²) < 4.78 is 6.75. The zero-order valence-corrected chi connectivity index (χ0v) is 17.7. The molecule has 2 aromatic carbocycles. The first-order valence-electron chi connectivity index (χ1n) is 10.3. The van der Waals surface area contributed by atoms with E-state index in [0.717, 1.165) is 11.3 Å². The summed E-state index contributed by atoms with van der Waals surface area (Å²) in [5.41, 5.74) is 3.77. The van der Waals surface area contributed by atoms with Crippen LogP contribution in [0.4, 0.5) is 0 Å². The molecule has 0 radical (unpaired) electrons. The van der Waals surface area contributed by atoms with E-state index in [2.05, 4.69) is 27.4 Å². The quantitative estimate of drug-likeness (QED) is 0.623. The first-order valence-corrected chi connectivity index (χ1v) is 10.3. The molecule has 2 atom stereocenters. The van der Waals surface area contributed by atoms with E-state index in [4.69, 9.17) is 4.74 Å². The highest BCUT2D eigenvalue weighted by Gasteiger charge is 2.38. The van der Waals surface area contributed by atoms with Crippen LogP contribution in [-0.4, -0.2) is 52.3 Å². The summed E-state index contributed by atoms with van der Waals surface area (Å²) in [5, 5.41) is 7.27. The maximum absolute atomic E-state index is 12.8. The van der Waals surface area contributed by atoms with Crippen LogP contribution in [0.2, 0.25) is 0 Å². The Balaban J connectivity index is 1.43. The van der Waals surface area contributed by atoms with Crippen LogP contribution in [0.3, 0.4) is 0 Å². The van der Waals surface area contributed by atoms with Crippen LogP contribution >= 0.6 is 0 Å². The lowest BCUT2D eigenvalue weighted by molar-refractivity contribution is -0.146. The van der Waals surface area contributed by atoms with Crippen LogP contribution in [0, 0.1) is 6.92 Å². The zero-order valence-electron chi connectivity index (χ0n) is 17.7. The van der Waals surface area contributed by atoms with Crippen molar-refractivity contribution in [3.63, 3.8) is 0 Å². The Labute approximate surface area is 181 Å². The molecular formula is C24H26N4O3. The Hall–Kier alpha value is -3.45. The number of ether oxygens (including phenoxy) is 1. The van der Waals surface area contributed by atoms with E-state index in [1.165, 1.54) is 12.7 Å². The van der Waals surface area contributed by atoms with E-state index in [-0.39, 0.29) is 24.0 Å². The van der Waals surface area contributed by atoms with Gasteiger partial charge in [-0.1, -0.05) is 29.8 Å². The Bertz CT molecular complexity index is 1050. The molecule has 0 spiro atoms. The molecule has 1 aliphatic heterocycles. The lowest BCUT2D eigenvalue weighted by Crippen LogP contribution is -2.37. The molecule has 0 saturated carbocycles. The summed E-state index contributed by atoms with van der Waals surface area (Å²) in [4.78, 5) is 27.2. The van der Waals surface area contributed by atoms with Gasteiger partial charge in [0.2, 0.25) is 0 Å². The van der Waals surface area contributed by atoms with Gasteiger partial charge in [-0.25, -0.2) is 4.68 Å². The largest absolute Gasteiger partial charge is 0.468 e. The number of nitrogens with zero attached hydrogens (tertiary/aromatic N) is 3. The molecule has 1 N–H and O–H groups in total. The third-order valence-corrected chi connectivity index (χ3v) is 5.58. The van der Waals surface area contributed by atoms with Crippen molar-refractivity contribution in [3.05, 3.63) is 83.7 Å². The average molecular weight is 418 g/mol. The van der Waals surface area contributed by atoms with E-state index in [1.807, 2.05) is 43.5 Å². The maximum atomic E-state index is 12.8. The molecular weight excluding hydrogens is 392 g/mol. The van der Waals surface area contributed by atoms with Gasteiger partial charge in [0, 0.05) is 37.1 Å². The normalized spacial score (nSPS) is 18.6. The monoisotopic (exact) mass is 418 g/mol. The van der Waals surface area contributed by atoms with Crippen molar-refractivity contribution >= 4 is 11.9 Å². The molecule has 1 aromatic heterocycles. The highest BCUT2D eigenvalue weighted by Crippen LogP contribution is 2.23. The van der Waals surface area contributed by atoms with Crippen LogP contribution in [0.15, 0.2) is 67.0 Å². The van der Waals surface area contributed by atoms with Crippen molar-refractivity contribution in [3.8, 4) is 5.69 Å². The van der Waals surface area contributed by atoms with E-state index >= 15 is 0 Å². The Morgan fingerprint density at radius 1 is 1.16 bits per heavy atom. The molecule has 7 nitrogen and oxygen atoms in total. The predicted molar refractivity (Wildman–Crippen MR) is 117 cm³/mol. The Morgan fingerprint density at radius 3 is 2.65 bits per heavy atom. The minimum Gasteiger partial charge on any atom is -0.468 e. The van der Waals surface area contributed by atoms with Crippen LogP contribution in [0.5, 0.6) is 0 Å². The summed E-state index contributed by atoms with van der Waals surface area (Å²) in [6.45, 7) is 3.27. The van der Waals surface area contributed by atoms with E-state index in [1.54, 1.807) is 23.0 Å². The van der Waals surface area contributed by atoms with E-state index < -0.39 is 0 Å². The molecule has 4 rings (SSSR count). The Morgan fingerprint density at radius 2 is 1.97 bits per heavy atom. The van der Waals surface area contributed by atoms with Crippen LogP contribution in [0.1, 0.15) is 27.9 Å². The molecule has 160 valence electrons. The van der Waals surface area contributed by atoms with Crippen LogP contribution in [-0.2, 0) is 16.1 Å². The number of hydrogen-bond donors (Lipinski definition) is 1. The van der Waals surface area contributed by atoms with Gasteiger partial charge in [0.1, 0.15) is 6.04 Å². The van der Waals surface area contributed by atoms with Gasteiger partial charge in [-0.2, -0.15) is 5.10 Å². The molecule has 3 aromatic rings. The van der Waals surface area contributed by atoms with Crippen molar-refractivity contribution in [1.29, 1.82) is 0 Å². The van der Waals surface area contributed by atoms with Crippen LogP contribution < -0.4 is 5.32 Å². The summed E-state index contributed by atoms with van der Waals surface area (Å²) in [6.07, 6.45) is 4.08. The second kappa shape index (κ2) is 9.14. The maximum Gasteiger partial charge on any atom is 0.323 e. The summed E-state index contributed by atoms with van der Waals surface area (Å²) in [7, 11) is 1.40.